The Morgan fingerprint density at radius 1 is 0.500 bits per heavy atom. The molecule has 0 amide bonds. The molecule has 1 heterocycles. The molecule has 22 heavy (non-hydrogen) atoms. The highest BCUT2D eigenvalue weighted by Crippen LogP contribution is 2.79. The van der Waals surface area contributed by atoms with Crippen LogP contribution in [0.3, 0.4) is 0 Å². The van der Waals surface area contributed by atoms with E-state index in [9.17, 15) is 0 Å². The van der Waals surface area contributed by atoms with Crippen LogP contribution in [0.25, 0.3) is 0 Å². The molecule has 120 valence electrons. The number of hydrazine groups is 1. The molecule has 2 heteroatoms. The molecule has 1 aliphatic heterocycles. The molecule has 1 saturated heterocycles. The minimum absolute atomic E-state index is 0.489. The van der Waals surface area contributed by atoms with Crippen molar-refractivity contribution in [3.63, 3.8) is 0 Å². The van der Waals surface area contributed by atoms with Crippen LogP contribution in [0.2, 0.25) is 0 Å². The first-order chi connectivity index (χ1) is 10.7. The smallest absolute Gasteiger partial charge is 0.0618 e. The summed E-state index contributed by atoms with van der Waals surface area (Å²) >= 11 is 0. The van der Waals surface area contributed by atoms with E-state index >= 15 is 0 Å². The fourth-order valence-corrected chi connectivity index (χ4v) is 10.4. The summed E-state index contributed by atoms with van der Waals surface area (Å²) in [7, 11) is 0. The summed E-state index contributed by atoms with van der Waals surface area (Å²) < 4.78 is 0. The van der Waals surface area contributed by atoms with E-state index in [1.807, 2.05) is 0 Å². The van der Waals surface area contributed by atoms with Crippen molar-refractivity contribution in [3.8, 4) is 0 Å². The Morgan fingerprint density at radius 2 is 0.773 bits per heavy atom. The molecular weight excluding hydrogens is 268 g/mol. The van der Waals surface area contributed by atoms with Crippen molar-refractivity contribution in [2.75, 3.05) is 0 Å². The molecule has 8 bridgehead atoms. The normalized spacial score (nSPS) is 72.7. The second-order valence-corrected chi connectivity index (χ2v) is 10.6. The summed E-state index contributed by atoms with van der Waals surface area (Å²) in [5.41, 5.74) is 0.978. The van der Waals surface area contributed by atoms with E-state index in [2.05, 4.69) is 5.01 Å². The third kappa shape index (κ3) is 1.04. The number of rotatable bonds is 0. The molecular formula is C20H30N2. The van der Waals surface area contributed by atoms with Gasteiger partial charge in [0.15, 0.2) is 0 Å². The van der Waals surface area contributed by atoms with Crippen LogP contribution < -0.4 is 5.84 Å². The Morgan fingerprint density at radius 3 is 1.05 bits per heavy atom. The van der Waals surface area contributed by atoms with Gasteiger partial charge in [0.05, 0.1) is 11.1 Å². The van der Waals surface area contributed by atoms with E-state index < -0.39 is 0 Å². The lowest BCUT2D eigenvalue weighted by Gasteiger charge is -2.60. The predicted molar refractivity (Wildman–Crippen MR) is 85.6 cm³/mol. The Bertz CT molecular complexity index is 448. The van der Waals surface area contributed by atoms with Crippen LogP contribution in [0.4, 0.5) is 0 Å². The Hall–Kier alpha value is -0.0800. The van der Waals surface area contributed by atoms with Crippen molar-refractivity contribution in [3.05, 3.63) is 0 Å². The standard InChI is InChI=1S/C20H30N2/c21-22-19(15-3-11-1-12(5-15)6-16(19)4-11)20(22)17-7-13-2-14(9-17)10-18(20)8-13/h11-18H,1-10,21H2. The molecule has 0 aromatic heterocycles. The highest BCUT2D eigenvalue weighted by molar-refractivity contribution is 5.39. The molecule has 0 unspecified atom stereocenters. The maximum Gasteiger partial charge on any atom is 0.0618 e. The fraction of sp³-hybridized carbons (Fsp3) is 1.00. The van der Waals surface area contributed by atoms with Crippen molar-refractivity contribution in [2.45, 2.75) is 75.3 Å². The van der Waals surface area contributed by atoms with Crippen molar-refractivity contribution in [2.24, 2.45) is 53.2 Å². The Labute approximate surface area is 134 Å². The molecule has 8 aliphatic carbocycles. The first-order valence-electron chi connectivity index (χ1n) is 10.3. The van der Waals surface area contributed by atoms with E-state index in [1.54, 1.807) is 12.8 Å². The van der Waals surface area contributed by atoms with Crippen LogP contribution in [0, 0.1) is 47.3 Å². The van der Waals surface area contributed by atoms with Crippen LogP contribution in [0.5, 0.6) is 0 Å². The lowest BCUT2D eigenvalue weighted by atomic mass is 9.42. The largest absolute Gasteiger partial charge is 0.268 e. The van der Waals surface area contributed by atoms with Gasteiger partial charge in [0, 0.05) is 0 Å². The summed E-state index contributed by atoms with van der Waals surface area (Å²) in [5, 5.41) is 2.56. The van der Waals surface area contributed by atoms with Gasteiger partial charge in [0.2, 0.25) is 0 Å². The maximum atomic E-state index is 6.98. The summed E-state index contributed by atoms with van der Waals surface area (Å²) in [6, 6.07) is 0. The second kappa shape index (κ2) is 3.47. The van der Waals surface area contributed by atoms with Gasteiger partial charge in [-0.3, -0.25) is 5.84 Å². The topological polar surface area (TPSA) is 29.0 Å². The second-order valence-electron chi connectivity index (χ2n) is 10.6. The van der Waals surface area contributed by atoms with Crippen LogP contribution in [0.1, 0.15) is 64.2 Å². The summed E-state index contributed by atoms with van der Waals surface area (Å²) in [4.78, 5) is 0. The zero-order valence-corrected chi connectivity index (χ0v) is 13.7. The minimum atomic E-state index is 0.489. The van der Waals surface area contributed by atoms with Gasteiger partial charge in [0.25, 0.3) is 0 Å². The molecule has 9 fully saturated rings. The van der Waals surface area contributed by atoms with Gasteiger partial charge in [-0.05, 0) is 112 Å². The minimum Gasteiger partial charge on any atom is -0.268 e. The zero-order chi connectivity index (χ0) is 14.3. The maximum absolute atomic E-state index is 6.98. The Kier molecular flexibility index (Phi) is 1.94. The molecule has 0 aromatic carbocycles. The van der Waals surface area contributed by atoms with E-state index in [0.717, 1.165) is 47.3 Å². The zero-order valence-electron chi connectivity index (χ0n) is 13.7. The predicted octanol–water partition coefficient (Wildman–Crippen LogP) is 3.57. The van der Waals surface area contributed by atoms with Crippen molar-refractivity contribution in [1.82, 2.24) is 5.01 Å². The number of hydrogen-bond acceptors (Lipinski definition) is 2. The lowest BCUT2D eigenvalue weighted by Crippen LogP contribution is -2.61. The molecule has 2 N–H and O–H groups in total. The average Bonchev–Trinajstić information content (AvgIpc) is 3.02. The first kappa shape index (κ1) is 12.3. The average molecular weight is 298 g/mol. The molecule has 2 nitrogen and oxygen atoms in total. The van der Waals surface area contributed by atoms with Crippen molar-refractivity contribution >= 4 is 0 Å². The van der Waals surface area contributed by atoms with Crippen LogP contribution in [-0.4, -0.2) is 16.1 Å². The van der Waals surface area contributed by atoms with E-state index in [0.29, 0.717) is 11.1 Å². The monoisotopic (exact) mass is 298 g/mol. The molecule has 9 rings (SSSR count). The number of nitrogens with zero attached hydrogens (tertiary/aromatic N) is 1. The third-order valence-electron chi connectivity index (χ3n) is 10.2. The van der Waals surface area contributed by atoms with Gasteiger partial charge < -0.3 is 0 Å². The molecule has 0 atom stereocenters. The highest BCUT2D eigenvalue weighted by Gasteiger charge is 2.87. The van der Waals surface area contributed by atoms with Crippen molar-refractivity contribution < 1.29 is 0 Å². The SMILES string of the molecule is NN1C2(C3CC4CC(C3)CC2C4)C12C1CC3CC(C1)CC2C3. The molecule has 0 radical (unpaired) electrons. The third-order valence-corrected chi connectivity index (χ3v) is 10.2. The van der Waals surface area contributed by atoms with Gasteiger partial charge >= 0.3 is 0 Å². The van der Waals surface area contributed by atoms with Gasteiger partial charge in [0.1, 0.15) is 0 Å². The molecule has 9 aliphatic rings. The molecule has 2 spiro atoms. The molecule has 8 saturated carbocycles. The van der Waals surface area contributed by atoms with E-state index in [-0.39, 0.29) is 0 Å². The number of nitrogens with two attached hydrogens (primary N) is 1. The quantitative estimate of drug-likeness (QED) is 0.547. The summed E-state index contributed by atoms with van der Waals surface area (Å²) in [5.74, 6) is 15.2. The fourth-order valence-electron chi connectivity index (χ4n) is 10.4. The Balaban J connectivity index is 1.37. The van der Waals surface area contributed by atoms with Crippen LogP contribution in [-0.2, 0) is 0 Å². The van der Waals surface area contributed by atoms with Gasteiger partial charge in [-0.1, -0.05) is 0 Å². The van der Waals surface area contributed by atoms with Gasteiger partial charge in [-0.25, -0.2) is 5.01 Å². The van der Waals surface area contributed by atoms with Crippen LogP contribution in [0.15, 0.2) is 0 Å². The highest BCUT2D eigenvalue weighted by atomic mass is 15.6. The van der Waals surface area contributed by atoms with E-state index in [4.69, 9.17) is 5.84 Å². The first-order valence-corrected chi connectivity index (χ1v) is 10.3. The van der Waals surface area contributed by atoms with Crippen LogP contribution >= 0.6 is 0 Å². The number of hydrogen-bond donors (Lipinski definition) is 1. The lowest BCUT2D eigenvalue weighted by molar-refractivity contribution is -0.0747. The summed E-state index contributed by atoms with van der Waals surface area (Å²) in [6.07, 6.45) is 15.4. The van der Waals surface area contributed by atoms with E-state index in [1.165, 1.54) is 51.4 Å². The van der Waals surface area contributed by atoms with Crippen molar-refractivity contribution in [1.29, 1.82) is 0 Å². The molecule has 0 aromatic rings. The van der Waals surface area contributed by atoms with Gasteiger partial charge in [-0.15, -0.1) is 0 Å². The summed E-state index contributed by atoms with van der Waals surface area (Å²) in [6.45, 7) is 0. The van der Waals surface area contributed by atoms with Gasteiger partial charge in [-0.2, -0.15) is 0 Å².